The van der Waals surface area contributed by atoms with Gasteiger partial charge in [-0.25, -0.2) is 9.37 Å². The average molecular weight is 667 g/mol. The molecule has 47 heavy (non-hydrogen) atoms. The second kappa shape index (κ2) is 15.3. The van der Waals surface area contributed by atoms with Crippen LogP contribution >= 0.6 is 11.8 Å². The van der Waals surface area contributed by atoms with Crippen LogP contribution in [0.4, 0.5) is 17.6 Å². The third-order valence-electron chi connectivity index (χ3n) is 8.57. The summed E-state index contributed by atoms with van der Waals surface area (Å²) in [5.74, 6) is -0.306. The number of carbonyl (C=O) groups is 1. The molecule has 1 aromatic heterocycles. The first kappa shape index (κ1) is 34.4. The summed E-state index contributed by atoms with van der Waals surface area (Å²) in [6, 6.07) is 18.9. The summed E-state index contributed by atoms with van der Waals surface area (Å²) in [5, 5.41) is 0.400. The number of thioether (sulfide) groups is 1. The van der Waals surface area contributed by atoms with E-state index in [0.29, 0.717) is 47.8 Å². The van der Waals surface area contributed by atoms with Crippen LogP contribution in [0, 0.1) is 5.82 Å². The first-order valence-electron chi connectivity index (χ1n) is 15.8. The summed E-state index contributed by atoms with van der Waals surface area (Å²) in [6.45, 7) is 6.95. The van der Waals surface area contributed by atoms with Crippen molar-refractivity contribution in [3.63, 3.8) is 0 Å². The molecular formula is C36H38F4N4O2S. The standard InChI is InChI=1S/C36H38F4N4O2S/c1-3-42(4-2)20-21-43(22-25-12-14-26(15-13-25)27-16-18-29(19-17-27)36(38,39)40)33(45)23-44-34(46)30-9-7-11-32(30)41-35(44)47-24-28-8-5-6-10-31(28)37/h5-6,8,10,12-19H,3-4,7,9,11,20-24H2,1-2H3. The highest BCUT2D eigenvalue weighted by Crippen LogP contribution is 2.31. The number of hydrogen-bond donors (Lipinski definition) is 0. The number of rotatable bonds is 13. The molecule has 1 aliphatic rings. The fraction of sp³-hybridized carbons (Fsp3) is 0.361. The molecule has 0 radical (unpaired) electrons. The number of nitrogens with zero attached hydrogens (tertiary/aromatic N) is 4. The second-order valence-corrected chi connectivity index (χ2v) is 12.5. The molecule has 0 saturated heterocycles. The summed E-state index contributed by atoms with van der Waals surface area (Å²) in [4.78, 5) is 36.4. The zero-order chi connectivity index (χ0) is 33.6. The smallest absolute Gasteiger partial charge is 0.336 e. The molecular weight excluding hydrogens is 628 g/mol. The third-order valence-corrected chi connectivity index (χ3v) is 9.59. The Morgan fingerprint density at radius 3 is 2.21 bits per heavy atom. The van der Waals surface area contributed by atoms with Crippen molar-refractivity contribution >= 4 is 17.7 Å². The number of amides is 1. The minimum atomic E-state index is -4.40. The van der Waals surface area contributed by atoms with Gasteiger partial charge >= 0.3 is 6.18 Å². The molecule has 0 aliphatic heterocycles. The monoisotopic (exact) mass is 666 g/mol. The van der Waals surface area contributed by atoms with Crippen molar-refractivity contribution in [2.45, 2.75) is 63.3 Å². The van der Waals surface area contributed by atoms with Crippen molar-refractivity contribution in [2.24, 2.45) is 0 Å². The van der Waals surface area contributed by atoms with Gasteiger partial charge in [-0.1, -0.05) is 80.2 Å². The van der Waals surface area contributed by atoms with E-state index in [1.54, 1.807) is 23.1 Å². The molecule has 0 spiro atoms. The van der Waals surface area contributed by atoms with E-state index in [9.17, 15) is 27.2 Å². The minimum Gasteiger partial charge on any atom is -0.336 e. The Labute approximate surface area is 276 Å². The number of alkyl halides is 3. The van der Waals surface area contributed by atoms with E-state index < -0.39 is 11.7 Å². The molecule has 248 valence electrons. The highest BCUT2D eigenvalue weighted by molar-refractivity contribution is 7.98. The lowest BCUT2D eigenvalue weighted by Crippen LogP contribution is -2.41. The van der Waals surface area contributed by atoms with Crippen molar-refractivity contribution in [1.82, 2.24) is 19.4 Å². The third kappa shape index (κ3) is 8.50. The van der Waals surface area contributed by atoms with E-state index in [2.05, 4.69) is 18.7 Å². The maximum Gasteiger partial charge on any atom is 0.416 e. The van der Waals surface area contributed by atoms with Gasteiger partial charge in [0.25, 0.3) is 5.56 Å². The number of likely N-dealkylation sites (N-methyl/N-ethyl adjacent to an activating group) is 1. The van der Waals surface area contributed by atoms with Crippen molar-refractivity contribution in [1.29, 1.82) is 0 Å². The Bertz CT molecular complexity index is 1740. The highest BCUT2D eigenvalue weighted by atomic mass is 32.2. The van der Waals surface area contributed by atoms with Gasteiger partial charge in [0.1, 0.15) is 12.4 Å². The maximum absolute atomic E-state index is 14.4. The quantitative estimate of drug-likeness (QED) is 0.0857. The second-order valence-electron chi connectivity index (χ2n) is 11.6. The molecule has 0 saturated carbocycles. The lowest BCUT2D eigenvalue weighted by atomic mass is 10.0. The Hall–Kier alpha value is -3.96. The van der Waals surface area contributed by atoms with Gasteiger partial charge in [0.05, 0.1) is 11.3 Å². The summed E-state index contributed by atoms with van der Waals surface area (Å²) in [6.07, 6.45) is -2.26. The van der Waals surface area contributed by atoms with Crippen LogP contribution in [0.1, 0.15) is 48.2 Å². The predicted molar refractivity (Wildman–Crippen MR) is 177 cm³/mol. The van der Waals surface area contributed by atoms with Crippen LogP contribution in [0.3, 0.4) is 0 Å². The van der Waals surface area contributed by atoms with Gasteiger partial charge in [0.15, 0.2) is 5.16 Å². The minimum absolute atomic E-state index is 0.194. The molecule has 5 rings (SSSR count). The van der Waals surface area contributed by atoms with Crippen molar-refractivity contribution < 1.29 is 22.4 Å². The maximum atomic E-state index is 14.4. The van der Waals surface area contributed by atoms with Crippen LogP contribution in [0.5, 0.6) is 0 Å². The van der Waals surface area contributed by atoms with Gasteiger partial charge in [-0.3, -0.25) is 14.2 Å². The topological polar surface area (TPSA) is 58.4 Å². The number of aryl methyl sites for hydroxylation is 1. The Morgan fingerprint density at radius 2 is 1.57 bits per heavy atom. The van der Waals surface area contributed by atoms with Gasteiger partial charge in [0, 0.05) is 31.0 Å². The Balaban J connectivity index is 1.38. The summed E-state index contributed by atoms with van der Waals surface area (Å²) in [7, 11) is 0. The van der Waals surface area contributed by atoms with Gasteiger partial charge in [-0.2, -0.15) is 13.2 Å². The number of carbonyl (C=O) groups excluding carboxylic acids is 1. The van der Waals surface area contributed by atoms with Gasteiger partial charge in [-0.15, -0.1) is 0 Å². The number of benzene rings is 3. The molecule has 0 fully saturated rings. The number of halogens is 4. The van der Waals surface area contributed by atoms with Crippen LogP contribution in [0.25, 0.3) is 11.1 Å². The average Bonchev–Trinajstić information content (AvgIpc) is 3.55. The first-order chi connectivity index (χ1) is 22.6. The van der Waals surface area contributed by atoms with E-state index >= 15 is 0 Å². The molecule has 1 heterocycles. The number of aromatic nitrogens is 2. The highest BCUT2D eigenvalue weighted by Gasteiger charge is 2.30. The van der Waals surface area contributed by atoms with Crippen LogP contribution in [0.15, 0.2) is 82.7 Å². The molecule has 1 aliphatic carbocycles. The first-order valence-corrected chi connectivity index (χ1v) is 16.8. The van der Waals surface area contributed by atoms with E-state index in [-0.39, 0.29) is 36.1 Å². The molecule has 1 amide bonds. The van der Waals surface area contributed by atoms with Crippen LogP contribution in [-0.2, 0) is 42.7 Å². The zero-order valence-electron chi connectivity index (χ0n) is 26.5. The molecule has 0 N–H and O–H groups in total. The van der Waals surface area contributed by atoms with E-state index in [1.807, 2.05) is 24.3 Å². The fourth-order valence-corrected chi connectivity index (χ4v) is 6.72. The van der Waals surface area contributed by atoms with E-state index in [0.717, 1.165) is 48.5 Å². The Kier molecular flexibility index (Phi) is 11.2. The molecule has 0 atom stereocenters. The van der Waals surface area contributed by atoms with E-state index in [1.165, 1.54) is 34.5 Å². The number of fused-ring (bicyclic) bond motifs is 1. The van der Waals surface area contributed by atoms with Crippen LogP contribution < -0.4 is 5.56 Å². The summed E-state index contributed by atoms with van der Waals surface area (Å²) < 4.78 is 54.9. The molecule has 0 bridgehead atoms. The largest absolute Gasteiger partial charge is 0.416 e. The molecule has 6 nitrogen and oxygen atoms in total. The SMILES string of the molecule is CCN(CC)CCN(Cc1ccc(-c2ccc(C(F)(F)F)cc2)cc1)C(=O)Cn1c(SCc2ccccc2F)nc2c(c1=O)CCC2. The summed E-state index contributed by atoms with van der Waals surface area (Å²) >= 11 is 1.25. The van der Waals surface area contributed by atoms with Gasteiger partial charge < -0.3 is 9.80 Å². The van der Waals surface area contributed by atoms with Gasteiger partial charge in [0.2, 0.25) is 5.91 Å². The fourth-order valence-electron chi connectivity index (χ4n) is 5.72. The summed E-state index contributed by atoms with van der Waals surface area (Å²) in [5.41, 5.74) is 3.22. The van der Waals surface area contributed by atoms with E-state index in [4.69, 9.17) is 4.98 Å². The molecule has 3 aromatic carbocycles. The molecule has 0 unspecified atom stereocenters. The number of hydrogen-bond acceptors (Lipinski definition) is 5. The van der Waals surface area contributed by atoms with Crippen LogP contribution in [-0.4, -0.2) is 51.4 Å². The molecule has 11 heteroatoms. The lowest BCUT2D eigenvalue weighted by Gasteiger charge is -2.27. The van der Waals surface area contributed by atoms with Crippen molar-refractivity contribution in [3.05, 3.63) is 117 Å². The normalized spacial score (nSPS) is 12.8. The zero-order valence-corrected chi connectivity index (χ0v) is 27.3. The molecule has 4 aromatic rings. The lowest BCUT2D eigenvalue weighted by molar-refractivity contribution is -0.137. The Morgan fingerprint density at radius 1 is 0.915 bits per heavy atom. The van der Waals surface area contributed by atoms with Crippen molar-refractivity contribution in [2.75, 3.05) is 26.2 Å². The van der Waals surface area contributed by atoms with Gasteiger partial charge in [-0.05, 0) is 72.8 Å². The van der Waals surface area contributed by atoms with Crippen LogP contribution in [0.2, 0.25) is 0 Å². The predicted octanol–water partition coefficient (Wildman–Crippen LogP) is 7.22. The van der Waals surface area contributed by atoms with Crippen molar-refractivity contribution in [3.8, 4) is 11.1 Å².